The summed E-state index contributed by atoms with van der Waals surface area (Å²) < 4.78 is 6.50. The highest BCUT2D eigenvalue weighted by Crippen LogP contribution is 2.39. The van der Waals surface area contributed by atoms with Gasteiger partial charge in [0, 0.05) is 28.2 Å². The van der Waals surface area contributed by atoms with Crippen molar-refractivity contribution in [2.75, 3.05) is 4.90 Å². The van der Waals surface area contributed by atoms with E-state index < -0.39 is 0 Å². The van der Waals surface area contributed by atoms with Gasteiger partial charge in [0.25, 0.3) is 0 Å². The Hall–Kier alpha value is -5.93. The quantitative estimate of drug-likeness (QED) is 0.201. The van der Waals surface area contributed by atoms with Gasteiger partial charge in [0.2, 0.25) is 5.89 Å². The maximum absolute atomic E-state index is 6.50. The molecule has 0 unspecified atom stereocenters. The Labute approximate surface area is 256 Å². The van der Waals surface area contributed by atoms with Gasteiger partial charge in [-0.1, -0.05) is 121 Å². The summed E-state index contributed by atoms with van der Waals surface area (Å²) in [4.78, 5) is 7.20. The van der Waals surface area contributed by atoms with Crippen LogP contribution >= 0.6 is 0 Å². The first kappa shape index (κ1) is 25.8. The summed E-state index contributed by atoms with van der Waals surface area (Å²) in [5.74, 6) is 0.634. The van der Waals surface area contributed by atoms with Crippen LogP contribution < -0.4 is 4.90 Å². The Bertz CT molecular complexity index is 2210. The molecule has 0 atom stereocenters. The third-order valence-corrected chi connectivity index (χ3v) is 8.10. The third-order valence-electron chi connectivity index (χ3n) is 8.10. The highest BCUT2D eigenvalue weighted by molar-refractivity contribution is 5.97. The molecule has 3 heteroatoms. The molecule has 0 aliphatic rings. The van der Waals surface area contributed by atoms with Crippen LogP contribution in [0.1, 0.15) is 0 Å². The van der Waals surface area contributed by atoms with Gasteiger partial charge in [-0.05, 0) is 76.0 Å². The molecule has 0 aliphatic heterocycles. The molecule has 0 N–H and O–H groups in total. The molecule has 8 rings (SSSR count). The molecule has 1 heterocycles. The van der Waals surface area contributed by atoms with Crippen LogP contribution in [0.15, 0.2) is 174 Å². The Kier molecular flexibility index (Phi) is 6.47. The SMILES string of the molecule is c1ccc(-c2cccc(N(c3ccccc3)c3ccc(-c4cccc5nc(-c6cccc7ccccc67)oc45)cc3)c2)cc1. The van der Waals surface area contributed by atoms with Crippen LogP contribution in [0, 0.1) is 0 Å². The lowest BCUT2D eigenvalue weighted by molar-refractivity contribution is 0.621. The molecule has 0 bridgehead atoms. The molecule has 0 saturated carbocycles. The number of anilines is 3. The Balaban J connectivity index is 1.19. The van der Waals surface area contributed by atoms with E-state index in [1.54, 1.807) is 0 Å². The molecule has 3 nitrogen and oxygen atoms in total. The van der Waals surface area contributed by atoms with Gasteiger partial charge in [0.1, 0.15) is 5.52 Å². The molecule has 7 aromatic carbocycles. The molecule has 0 spiro atoms. The molecule has 208 valence electrons. The topological polar surface area (TPSA) is 29.3 Å². The molecule has 1 aromatic heterocycles. The van der Waals surface area contributed by atoms with Crippen molar-refractivity contribution in [3.05, 3.63) is 170 Å². The van der Waals surface area contributed by atoms with Crippen LogP contribution in [0.25, 0.3) is 55.6 Å². The van der Waals surface area contributed by atoms with E-state index in [9.17, 15) is 0 Å². The molecule has 8 aromatic rings. The molecule has 0 fully saturated rings. The van der Waals surface area contributed by atoms with E-state index in [0.29, 0.717) is 5.89 Å². The average Bonchev–Trinajstić information content (AvgIpc) is 3.54. The fourth-order valence-corrected chi connectivity index (χ4v) is 5.97. The highest BCUT2D eigenvalue weighted by Gasteiger charge is 2.17. The van der Waals surface area contributed by atoms with Crippen molar-refractivity contribution in [3.63, 3.8) is 0 Å². The van der Waals surface area contributed by atoms with E-state index in [0.717, 1.165) is 50.2 Å². The van der Waals surface area contributed by atoms with Crippen molar-refractivity contribution >= 4 is 38.9 Å². The highest BCUT2D eigenvalue weighted by atomic mass is 16.3. The normalized spacial score (nSPS) is 11.2. The minimum absolute atomic E-state index is 0.634. The lowest BCUT2D eigenvalue weighted by Gasteiger charge is -2.26. The Morgan fingerprint density at radius 1 is 0.432 bits per heavy atom. The number of aromatic nitrogens is 1. The van der Waals surface area contributed by atoms with Crippen LogP contribution in [-0.4, -0.2) is 4.98 Å². The second-order valence-electron chi connectivity index (χ2n) is 10.8. The number of benzene rings is 7. The van der Waals surface area contributed by atoms with Crippen LogP contribution in [0.4, 0.5) is 17.1 Å². The largest absolute Gasteiger partial charge is 0.435 e. The average molecular weight is 565 g/mol. The van der Waals surface area contributed by atoms with Crippen molar-refractivity contribution < 1.29 is 4.42 Å². The Morgan fingerprint density at radius 2 is 1.05 bits per heavy atom. The number of hydrogen-bond acceptors (Lipinski definition) is 3. The molecule has 0 amide bonds. The summed E-state index contributed by atoms with van der Waals surface area (Å²) in [6, 6.07) is 59.2. The summed E-state index contributed by atoms with van der Waals surface area (Å²) in [5, 5.41) is 2.30. The fourth-order valence-electron chi connectivity index (χ4n) is 5.97. The summed E-state index contributed by atoms with van der Waals surface area (Å²) >= 11 is 0. The van der Waals surface area contributed by atoms with E-state index in [1.807, 2.05) is 12.1 Å². The smallest absolute Gasteiger partial charge is 0.227 e. The van der Waals surface area contributed by atoms with Crippen LogP contribution in [0.2, 0.25) is 0 Å². The lowest BCUT2D eigenvalue weighted by Crippen LogP contribution is -2.09. The molecule has 0 saturated heterocycles. The first-order valence-corrected chi connectivity index (χ1v) is 14.8. The van der Waals surface area contributed by atoms with Gasteiger partial charge in [-0.3, -0.25) is 0 Å². The van der Waals surface area contributed by atoms with Crippen LogP contribution in [-0.2, 0) is 0 Å². The van der Waals surface area contributed by atoms with E-state index in [-0.39, 0.29) is 0 Å². The molecule has 0 radical (unpaired) electrons. The van der Waals surface area contributed by atoms with E-state index in [1.165, 1.54) is 16.5 Å². The van der Waals surface area contributed by atoms with Gasteiger partial charge < -0.3 is 9.32 Å². The number of rotatable bonds is 6. The molecular weight excluding hydrogens is 536 g/mol. The van der Waals surface area contributed by atoms with E-state index in [4.69, 9.17) is 9.40 Å². The fraction of sp³-hybridized carbons (Fsp3) is 0. The standard InChI is InChI=1S/C41H28N2O/c1-3-12-29(13-4-1)32-16-9-19-35(28-32)43(33-17-5-2-6-18-33)34-26-24-31(25-27-34)37-21-11-23-39-40(37)44-41(42-39)38-22-10-15-30-14-7-8-20-36(30)38/h1-28H. The summed E-state index contributed by atoms with van der Waals surface area (Å²) in [6.45, 7) is 0. The van der Waals surface area contributed by atoms with Crippen molar-refractivity contribution in [2.45, 2.75) is 0 Å². The lowest BCUT2D eigenvalue weighted by atomic mass is 10.0. The van der Waals surface area contributed by atoms with Gasteiger partial charge >= 0.3 is 0 Å². The van der Waals surface area contributed by atoms with Crippen molar-refractivity contribution in [3.8, 4) is 33.7 Å². The van der Waals surface area contributed by atoms with Gasteiger partial charge in [0.05, 0.1) is 0 Å². The monoisotopic (exact) mass is 564 g/mol. The molecular formula is C41H28N2O. The second kappa shape index (κ2) is 11.0. The third kappa shape index (κ3) is 4.71. The summed E-state index contributed by atoms with van der Waals surface area (Å²) in [5.41, 5.74) is 10.4. The van der Waals surface area contributed by atoms with Crippen molar-refractivity contribution in [1.29, 1.82) is 0 Å². The van der Waals surface area contributed by atoms with Crippen LogP contribution in [0.3, 0.4) is 0 Å². The molecule has 44 heavy (non-hydrogen) atoms. The Morgan fingerprint density at radius 3 is 1.89 bits per heavy atom. The zero-order valence-corrected chi connectivity index (χ0v) is 24.0. The van der Waals surface area contributed by atoms with Crippen molar-refractivity contribution in [2.24, 2.45) is 0 Å². The first-order valence-electron chi connectivity index (χ1n) is 14.8. The number of oxazole rings is 1. The van der Waals surface area contributed by atoms with Crippen LogP contribution in [0.5, 0.6) is 0 Å². The van der Waals surface area contributed by atoms with Gasteiger partial charge in [-0.2, -0.15) is 0 Å². The maximum Gasteiger partial charge on any atom is 0.227 e. The predicted octanol–water partition coefficient (Wildman–Crippen LogP) is 11.5. The second-order valence-corrected chi connectivity index (χ2v) is 10.8. The number of fused-ring (bicyclic) bond motifs is 2. The number of hydrogen-bond donors (Lipinski definition) is 0. The first-order chi connectivity index (χ1) is 21.8. The van der Waals surface area contributed by atoms with Crippen molar-refractivity contribution in [1.82, 2.24) is 4.98 Å². The summed E-state index contributed by atoms with van der Waals surface area (Å²) in [7, 11) is 0. The number of para-hydroxylation sites is 2. The zero-order valence-electron chi connectivity index (χ0n) is 24.0. The predicted molar refractivity (Wildman–Crippen MR) is 183 cm³/mol. The summed E-state index contributed by atoms with van der Waals surface area (Å²) in [6.07, 6.45) is 0. The maximum atomic E-state index is 6.50. The minimum Gasteiger partial charge on any atom is -0.435 e. The number of nitrogens with zero attached hydrogens (tertiary/aromatic N) is 2. The molecule has 0 aliphatic carbocycles. The van der Waals surface area contributed by atoms with E-state index >= 15 is 0 Å². The van der Waals surface area contributed by atoms with Gasteiger partial charge in [-0.15, -0.1) is 0 Å². The van der Waals surface area contributed by atoms with Gasteiger partial charge in [0.15, 0.2) is 5.58 Å². The van der Waals surface area contributed by atoms with E-state index in [2.05, 4.69) is 163 Å². The van der Waals surface area contributed by atoms with Gasteiger partial charge in [-0.25, -0.2) is 4.98 Å². The minimum atomic E-state index is 0.634. The zero-order chi connectivity index (χ0) is 29.3.